The van der Waals surface area contributed by atoms with E-state index < -0.39 is 0 Å². The van der Waals surface area contributed by atoms with E-state index in [1.54, 1.807) is 34.3 Å². The SMILES string of the molecule is COc1ccc(-c2cccc(C(C)=O)c2)c(OC)c1OC. The molecule has 0 aromatic heterocycles. The first kappa shape index (κ1) is 14.9. The smallest absolute Gasteiger partial charge is 0.203 e. The fourth-order valence-corrected chi connectivity index (χ4v) is 2.23. The largest absolute Gasteiger partial charge is 0.493 e. The molecule has 2 aromatic rings. The van der Waals surface area contributed by atoms with Crippen molar-refractivity contribution in [3.05, 3.63) is 42.0 Å². The molecule has 0 aliphatic heterocycles. The zero-order valence-corrected chi connectivity index (χ0v) is 12.6. The zero-order chi connectivity index (χ0) is 15.4. The molecule has 0 aliphatic rings. The molecule has 21 heavy (non-hydrogen) atoms. The van der Waals surface area contributed by atoms with Crippen LogP contribution in [0.3, 0.4) is 0 Å². The number of hydrogen-bond acceptors (Lipinski definition) is 4. The van der Waals surface area contributed by atoms with Crippen molar-refractivity contribution in [2.24, 2.45) is 0 Å². The Hall–Kier alpha value is -2.49. The molecule has 2 aromatic carbocycles. The molecule has 4 heteroatoms. The predicted molar refractivity (Wildman–Crippen MR) is 81.5 cm³/mol. The van der Waals surface area contributed by atoms with Crippen LogP contribution in [-0.2, 0) is 0 Å². The molecule has 0 saturated heterocycles. The second kappa shape index (κ2) is 6.31. The number of ketones is 1. The van der Waals surface area contributed by atoms with Gasteiger partial charge in [0.1, 0.15) is 0 Å². The Morgan fingerprint density at radius 3 is 2.19 bits per heavy atom. The monoisotopic (exact) mass is 286 g/mol. The summed E-state index contributed by atoms with van der Waals surface area (Å²) >= 11 is 0. The normalized spacial score (nSPS) is 10.1. The molecule has 0 bridgehead atoms. The van der Waals surface area contributed by atoms with E-state index >= 15 is 0 Å². The highest BCUT2D eigenvalue weighted by Crippen LogP contribution is 2.44. The fourth-order valence-electron chi connectivity index (χ4n) is 2.23. The van der Waals surface area contributed by atoms with Crippen LogP contribution in [0.15, 0.2) is 36.4 Å². The third-order valence-electron chi connectivity index (χ3n) is 3.28. The molecule has 0 atom stereocenters. The minimum Gasteiger partial charge on any atom is -0.493 e. The van der Waals surface area contributed by atoms with Gasteiger partial charge >= 0.3 is 0 Å². The first-order valence-electron chi connectivity index (χ1n) is 6.52. The maximum atomic E-state index is 11.5. The van der Waals surface area contributed by atoms with Crippen molar-refractivity contribution in [3.8, 4) is 28.4 Å². The van der Waals surface area contributed by atoms with Crippen molar-refractivity contribution >= 4 is 5.78 Å². The quantitative estimate of drug-likeness (QED) is 0.788. The van der Waals surface area contributed by atoms with Crippen LogP contribution in [0.2, 0.25) is 0 Å². The zero-order valence-electron chi connectivity index (χ0n) is 12.6. The van der Waals surface area contributed by atoms with Gasteiger partial charge in [-0.15, -0.1) is 0 Å². The van der Waals surface area contributed by atoms with E-state index in [0.29, 0.717) is 22.8 Å². The van der Waals surface area contributed by atoms with Gasteiger partial charge in [0, 0.05) is 11.1 Å². The molecular weight excluding hydrogens is 268 g/mol. The molecule has 0 heterocycles. The minimum atomic E-state index is 0.0243. The Bertz CT molecular complexity index is 662. The molecule has 2 rings (SSSR count). The van der Waals surface area contributed by atoms with Gasteiger partial charge in [-0.25, -0.2) is 0 Å². The van der Waals surface area contributed by atoms with Gasteiger partial charge in [-0.3, -0.25) is 4.79 Å². The molecule has 0 radical (unpaired) electrons. The van der Waals surface area contributed by atoms with Gasteiger partial charge in [0.05, 0.1) is 21.3 Å². The van der Waals surface area contributed by atoms with E-state index in [0.717, 1.165) is 11.1 Å². The highest BCUT2D eigenvalue weighted by atomic mass is 16.5. The van der Waals surface area contributed by atoms with Crippen LogP contribution < -0.4 is 14.2 Å². The number of rotatable bonds is 5. The maximum absolute atomic E-state index is 11.5. The standard InChI is InChI=1S/C17H18O4/c1-11(18)12-6-5-7-13(10-12)14-8-9-15(19-2)17(21-4)16(14)20-3/h5-10H,1-4H3. The number of carbonyl (C=O) groups is 1. The summed E-state index contributed by atoms with van der Waals surface area (Å²) in [6, 6.07) is 11.1. The highest BCUT2D eigenvalue weighted by molar-refractivity contribution is 5.95. The maximum Gasteiger partial charge on any atom is 0.203 e. The number of hydrogen-bond donors (Lipinski definition) is 0. The van der Waals surface area contributed by atoms with E-state index in [9.17, 15) is 4.79 Å². The summed E-state index contributed by atoms with van der Waals surface area (Å²) in [5.41, 5.74) is 2.39. The lowest BCUT2D eigenvalue weighted by Gasteiger charge is -2.16. The van der Waals surface area contributed by atoms with Crippen LogP contribution in [0.4, 0.5) is 0 Å². The van der Waals surface area contributed by atoms with Crippen LogP contribution in [-0.4, -0.2) is 27.1 Å². The summed E-state index contributed by atoms with van der Waals surface area (Å²) in [5, 5.41) is 0. The van der Waals surface area contributed by atoms with Gasteiger partial charge in [0.15, 0.2) is 17.3 Å². The number of methoxy groups -OCH3 is 3. The van der Waals surface area contributed by atoms with Crippen LogP contribution in [0.25, 0.3) is 11.1 Å². The van der Waals surface area contributed by atoms with E-state index in [-0.39, 0.29) is 5.78 Å². The van der Waals surface area contributed by atoms with E-state index in [1.165, 1.54) is 0 Å². The third kappa shape index (κ3) is 2.84. The Kier molecular flexibility index (Phi) is 4.48. The lowest BCUT2D eigenvalue weighted by molar-refractivity contribution is 0.101. The molecule has 0 N–H and O–H groups in total. The Morgan fingerprint density at radius 2 is 1.62 bits per heavy atom. The number of carbonyl (C=O) groups excluding carboxylic acids is 1. The second-order valence-corrected chi connectivity index (χ2v) is 4.52. The van der Waals surface area contributed by atoms with Crippen LogP contribution in [0.1, 0.15) is 17.3 Å². The summed E-state index contributed by atoms with van der Waals surface area (Å²) < 4.78 is 16.1. The summed E-state index contributed by atoms with van der Waals surface area (Å²) in [6.07, 6.45) is 0. The molecule has 0 fully saturated rings. The van der Waals surface area contributed by atoms with E-state index in [4.69, 9.17) is 14.2 Å². The van der Waals surface area contributed by atoms with Gasteiger partial charge in [0.2, 0.25) is 5.75 Å². The van der Waals surface area contributed by atoms with Crippen molar-refractivity contribution in [1.29, 1.82) is 0 Å². The number of Topliss-reactive ketones (excluding diaryl/α,β-unsaturated/α-hetero) is 1. The number of ether oxygens (including phenoxy) is 3. The average Bonchev–Trinajstić information content (AvgIpc) is 2.53. The van der Waals surface area contributed by atoms with E-state index in [2.05, 4.69) is 0 Å². The highest BCUT2D eigenvalue weighted by Gasteiger charge is 2.17. The van der Waals surface area contributed by atoms with Gasteiger partial charge in [-0.1, -0.05) is 18.2 Å². The van der Waals surface area contributed by atoms with E-state index in [1.807, 2.05) is 30.3 Å². The molecule has 0 amide bonds. The topological polar surface area (TPSA) is 44.8 Å². The summed E-state index contributed by atoms with van der Waals surface area (Å²) in [5.74, 6) is 1.74. The first-order chi connectivity index (χ1) is 10.1. The lowest BCUT2D eigenvalue weighted by Crippen LogP contribution is -1.97. The summed E-state index contributed by atoms with van der Waals surface area (Å²) in [6.45, 7) is 1.55. The lowest BCUT2D eigenvalue weighted by atomic mass is 10.00. The molecule has 110 valence electrons. The van der Waals surface area contributed by atoms with Crippen molar-refractivity contribution in [2.75, 3.05) is 21.3 Å². The van der Waals surface area contributed by atoms with Crippen LogP contribution in [0.5, 0.6) is 17.2 Å². The fraction of sp³-hybridized carbons (Fsp3) is 0.235. The van der Waals surface area contributed by atoms with Gasteiger partial charge < -0.3 is 14.2 Å². The van der Waals surface area contributed by atoms with Crippen molar-refractivity contribution in [3.63, 3.8) is 0 Å². The number of benzene rings is 2. The molecule has 4 nitrogen and oxygen atoms in total. The van der Waals surface area contributed by atoms with Gasteiger partial charge in [-0.2, -0.15) is 0 Å². The minimum absolute atomic E-state index is 0.0243. The molecule has 0 saturated carbocycles. The molecule has 0 aliphatic carbocycles. The molecule has 0 spiro atoms. The molecule has 0 unspecified atom stereocenters. The molecular formula is C17H18O4. The Balaban J connectivity index is 2.63. The van der Waals surface area contributed by atoms with Gasteiger partial charge in [0.25, 0.3) is 0 Å². The predicted octanol–water partition coefficient (Wildman–Crippen LogP) is 3.58. The summed E-state index contributed by atoms with van der Waals surface area (Å²) in [4.78, 5) is 11.5. The third-order valence-corrected chi connectivity index (χ3v) is 3.28. The Labute approximate surface area is 124 Å². The Morgan fingerprint density at radius 1 is 0.905 bits per heavy atom. The second-order valence-electron chi connectivity index (χ2n) is 4.52. The van der Waals surface area contributed by atoms with Gasteiger partial charge in [-0.05, 0) is 30.7 Å². The van der Waals surface area contributed by atoms with Crippen molar-refractivity contribution in [1.82, 2.24) is 0 Å². The van der Waals surface area contributed by atoms with Crippen molar-refractivity contribution in [2.45, 2.75) is 6.92 Å². The average molecular weight is 286 g/mol. The summed E-state index contributed by atoms with van der Waals surface area (Å²) in [7, 11) is 4.72. The van der Waals surface area contributed by atoms with Crippen molar-refractivity contribution < 1.29 is 19.0 Å². The first-order valence-corrected chi connectivity index (χ1v) is 6.52. The van der Waals surface area contributed by atoms with Crippen LogP contribution in [0, 0.1) is 0 Å². The van der Waals surface area contributed by atoms with Crippen LogP contribution >= 0.6 is 0 Å².